The van der Waals surface area contributed by atoms with E-state index in [1.54, 1.807) is 11.8 Å². The number of thioether (sulfide) groups is 1. The standard InChI is InChI=1S/C23H24N2OS/c1-4-27-20-9-5-17(6-10-20)23(26)25-22-12-8-19(14-16(22)3)18-7-11-21(24)15(2)13-18/h5-14H,4,24H2,1-3H3,(H,25,26). The van der Waals surface area contributed by atoms with E-state index in [-0.39, 0.29) is 5.91 Å². The average molecular weight is 377 g/mol. The Bertz CT molecular complexity index is 965. The summed E-state index contributed by atoms with van der Waals surface area (Å²) in [6.45, 7) is 6.12. The third-order valence-corrected chi connectivity index (χ3v) is 5.40. The lowest BCUT2D eigenvalue weighted by atomic mass is 10.00. The summed E-state index contributed by atoms with van der Waals surface area (Å²) in [6.07, 6.45) is 0. The van der Waals surface area contributed by atoms with Crippen LogP contribution >= 0.6 is 11.8 Å². The molecule has 0 aromatic heterocycles. The summed E-state index contributed by atoms with van der Waals surface area (Å²) >= 11 is 1.76. The fraction of sp³-hybridized carbons (Fsp3) is 0.174. The maximum absolute atomic E-state index is 12.5. The van der Waals surface area contributed by atoms with Crippen molar-refractivity contribution in [2.45, 2.75) is 25.7 Å². The van der Waals surface area contributed by atoms with Crippen molar-refractivity contribution >= 4 is 29.0 Å². The highest BCUT2D eigenvalue weighted by Gasteiger charge is 2.09. The highest BCUT2D eigenvalue weighted by atomic mass is 32.2. The van der Waals surface area contributed by atoms with Crippen LogP contribution in [-0.2, 0) is 0 Å². The Morgan fingerprint density at radius 3 is 2.15 bits per heavy atom. The van der Waals surface area contributed by atoms with Crippen molar-refractivity contribution in [3.05, 3.63) is 77.4 Å². The first-order valence-electron chi connectivity index (χ1n) is 8.99. The minimum absolute atomic E-state index is 0.0952. The summed E-state index contributed by atoms with van der Waals surface area (Å²) < 4.78 is 0. The Morgan fingerprint density at radius 2 is 1.56 bits per heavy atom. The number of amides is 1. The van der Waals surface area contributed by atoms with E-state index in [1.807, 2.05) is 62.4 Å². The van der Waals surface area contributed by atoms with E-state index in [2.05, 4.69) is 24.4 Å². The maximum atomic E-state index is 12.5. The second-order valence-electron chi connectivity index (χ2n) is 6.51. The molecule has 0 spiro atoms. The van der Waals surface area contributed by atoms with Crippen LogP contribution in [0.1, 0.15) is 28.4 Å². The van der Waals surface area contributed by atoms with Gasteiger partial charge in [0.25, 0.3) is 5.91 Å². The smallest absolute Gasteiger partial charge is 0.255 e. The molecule has 0 saturated heterocycles. The van der Waals surface area contributed by atoms with Gasteiger partial charge in [-0.15, -0.1) is 11.8 Å². The Morgan fingerprint density at radius 1 is 0.926 bits per heavy atom. The molecule has 3 aromatic carbocycles. The first-order chi connectivity index (χ1) is 13.0. The number of nitrogens with one attached hydrogen (secondary N) is 1. The third kappa shape index (κ3) is 4.52. The van der Waals surface area contributed by atoms with Gasteiger partial charge in [-0.3, -0.25) is 4.79 Å². The molecule has 3 rings (SSSR count). The number of hydrogen-bond donors (Lipinski definition) is 2. The van der Waals surface area contributed by atoms with Crippen LogP contribution in [0.2, 0.25) is 0 Å². The summed E-state index contributed by atoms with van der Waals surface area (Å²) in [6, 6.07) is 19.8. The summed E-state index contributed by atoms with van der Waals surface area (Å²) in [5.41, 5.74) is 12.5. The van der Waals surface area contributed by atoms with Crippen LogP contribution in [-0.4, -0.2) is 11.7 Å². The minimum Gasteiger partial charge on any atom is -0.399 e. The Kier molecular flexibility index (Phi) is 5.87. The van der Waals surface area contributed by atoms with Crippen LogP contribution in [0.15, 0.2) is 65.6 Å². The summed E-state index contributed by atoms with van der Waals surface area (Å²) in [5.74, 6) is 0.923. The molecule has 4 heteroatoms. The fourth-order valence-corrected chi connectivity index (χ4v) is 3.56. The Balaban J connectivity index is 1.77. The van der Waals surface area contributed by atoms with E-state index >= 15 is 0 Å². The highest BCUT2D eigenvalue weighted by Crippen LogP contribution is 2.27. The number of nitrogens with two attached hydrogens (primary N) is 1. The van der Waals surface area contributed by atoms with Gasteiger partial charge in [0.2, 0.25) is 0 Å². The van der Waals surface area contributed by atoms with Gasteiger partial charge in [0, 0.05) is 21.8 Å². The van der Waals surface area contributed by atoms with Crippen molar-refractivity contribution in [2.24, 2.45) is 0 Å². The molecule has 0 heterocycles. The SMILES string of the molecule is CCSc1ccc(C(=O)Nc2ccc(-c3ccc(N)c(C)c3)cc2C)cc1. The van der Waals surface area contributed by atoms with Gasteiger partial charge >= 0.3 is 0 Å². The molecule has 0 bridgehead atoms. The van der Waals surface area contributed by atoms with Crippen LogP contribution in [0, 0.1) is 13.8 Å². The lowest BCUT2D eigenvalue weighted by Crippen LogP contribution is -2.12. The van der Waals surface area contributed by atoms with E-state index in [9.17, 15) is 4.79 Å². The molecule has 0 fully saturated rings. The van der Waals surface area contributed by atoms with Crippen LogP contribution in [0.4, 0.5) is 11.4 Å². The van der Waals surface area contributed by atoms with Crippen LogP contribution in [0.3, 0.4) is 0 Å². The molecule has 3 N–H and O–H groups in total. The number of carbonyl (C=O) groups is 1. The second-order valence-corrected chi connectivity index (χ2v) is 7.85. The summed E-state index contributed by atoms with van der Waals surface area (Å²) in [7, 11) is 0. The van der Waals surface area contributed by atoms with Gasteiger partial charge in [-0.25, -0.2) is 0 Å². The zero-order valence-electron chi connectivity index (χ0n) is 15.9. The largest absolute Gasteiger partial charge is 0.399 e. The molecule has 0 aliphatic heterocycles. The molecule has 0 saturated carbocycles. The molecule has 3 aromatic rings. The molecule has 0 atom stereocenters. The maximum Gasteiger partial charge on any atom is 0.255 e. The molecule has 3 nitrogen and oxygen atoms in total. The van der Waals surface area contributed by atoms with Gasteiger partial charge in [-0.1, -0.05) is 19.1 Å². The second kappa shape index (κ2) is 8.31. The van der Waals surface area contributed by atoms with Gasteiger partial charge in [0.15, 0.2) is 0 Å². The van der Waals surface area contributed by atoms with Gasteiger partial charge in [-0.2, -0.15) is 0 Å². The van der Waals surface area contributed by atoms with Gasteiger partial charge in [-0.05, 0) is 90.4 Å². The van der Waals surface area contributed by atoms with Crippen LogP contribution in [0.25, 0.3) is 11.1 Å². The summed E-state index contributed by atoms with van der Waals surface area (Å²) in [5, 5.41) is 3.01. The van der Waals surface area contributed by atoms with Gasteiger partial charge in [0.1, 0.15) is 0 Å². The van der Waals surface area contributed by atoms with Crippen LogP contribution < -0.4 is 11.1 Å². The van der Waals surface area contributed by atoms with E-state index in [1.165, 1.54) is 4.90 Å². The number of aryl methyl sites for hydroxylation is 2. The number of rotatable bonds is 5. The predicted octanol–water partition coefficient (Wildman–Crippen LogP) is 5.92. The normalized spacial score (nSPS) is 10.6. The van der Waals surface area contributed by atoms with Crippen molar-refractivity contribution in [3.63, 3.8) is 0 Å². The number of benzene rings is 3. The average Bonchev–Trinajstić information content (AvgIpc) is 2.66. The molecule has 0 unspecified atom stereocenters. The van der Waals surface area contributed by atoms with E-state index in [4.69, 9.17) is 5.73 Å². The third-order valence-electron chi connectivity index (χ3n) is 4.51. The lowest BCUT2D eigenvalue weighted by Gasteiger charge is -2.12. The van der Waals surface area contributed by atoms with E-state index < -0.39 is 0 Å². The molecule has 1 amide bonds. The van der Waals surface area contributed by atoms with Crippen LogP contribution in [0.5, 0.6) is 0 Å². The van der Waals surface area contributed by atoms with Crippen molar-refractivity contribution in [1.29, 1.82) is 0 Å². The van der Waals surface area contributed by atoms with E-state index in [0.29, 0.717) is 5.56 Å². The zero-order valence-corrected chi connectivity index (χ0v) is 16.7. The van der Waals surface area contributed by atoms with Crippen molar-refractivity contribution < 1.29 is 4.79 Å². The Hall–Kier alpha value is -2.72. The quantitative estimate of drug-likeness (QED) is 0.429. The van der Waals surface area contributed by atoms with Crippen molar-refractivity contribution in [3.8, 4) is 11.1 Å². The van der Waals surface area contributed by atoms with E-state index in [0.717, 1.165) is 39.4 Å². The van der Waals surface area contributed by atoms with Gasteiger partial charge < -0.3 is 11.1 Å². The number of anilines is 2. The zero-order chi connectivity index (χ0) is 19.4. The lowest BCUT2D eigenvalue weighted by molar-refractivity contribution is 0.102. The molecule has 27 heavy (non-hydrogen) atoms. The predicted molar refractivity (Wildman–Crippen MR) is 117 cm³/mol. The number of nitrogen functional groups attached to an aromatic ring is 1. The van der Waals surface area contributed by atoms with Crippen molar-refractivity contribution in [1.82, 2.24) is 0 Å². The molecule has 0 aliphatic rings. The van der Waals surface area contributed by atoms with Crippen molar-refractivity contribution in [2.75, 3.05) is 16.8 Å². The molecular formula is C23H24N2OS. The molecule has 0 radical (unpaired) electrons. The number of carbonyl (C=O) groups excluding carboxylic acids is 1. The minimum atomic E-state index is -0.0952. The molecular weight excluding hydrogens is 352 g/mol. The summed E-state index contributed by atoms with van der Waals surface area (Å²) in [4.78, 5) is 13.7. The topological polar surface area (TPSA) is 55.1 Å². The first-order valence-corrected chi connectivity index (χ1v) is 9.98. The monoisotopic (exact) mass is 376 g/mol. The Labute approximate surface area is 165 Å². The molecule has 0 aliphatic carbocycles. The van der Waals surface area contributed by atoms with Gasteiger partial charge in [0.05, 0.1) is 0 Å². The fourth-order valence-electron chi connectivity index (χ4n) is 2.90. The first kappa shape index (κ1) is 19.1. The number of hydrogen-bond acceptors (Lipinski definition) is 3. The molecule has 138 valence electrons. The highest BCUT2D eigenvalue weighted by molar-refractivity contribution is 7.99.